The van der Waals surface area contributed by atoms with E-state index in [1.165, 1.54) is 4.31 Å². The van der Waals surface area contributed by atoms with Gasteiger partial charge in [0, 0.05) is 31.2 Å². The Morgan fingerprint density at radius 2 is 1.95 bits per heavy atom. The minimum Gasteiger partial charge on any atom is -0.311 e. The van der Waals surface area contributed by atoms with Crippen molar-refractivity contribution in [2.45, 2.75) is 30.8 Å². The molecule has 1 aliphatic heterocycles. The summed E-state index contributed by atoms with van der Waals surface area (Å²) >= 11 is 0. The summed E-state index contributed by atoms with van der Waals surface area (Å²) in [5, 5.41) is 3.15. The van der Waals surface area contributed by atoms with Crippen molar-refractivity contribution in [3.8, 4) is 0 Å². The van der Waals surface area contributed by atoms with Crippen LogP contribution in [-0.2, 0) is 10.0 Å². The van der Waals surface area contributed by atoms with E-state index < -0.39 is 26.6 Å². The van der Waals surface area contributed by atoms with Gasteiger partial charge < -0.3 is 5.32 Å². The Labute approximate surface area is 123 Å². The standard InChI is InChI=1S/C12H16F2N2O2S.ClH/c1-8-9(2)16(6-5-15-8)19(17,18)12-4-3-10(13)7-11(12)14;/h3-4,7-9,15H,5-6H2,1-2H3;1H. The lowest BCUT2D eigenvalue weighted by atomic mass is 10.1. The summed E-state index contributed by atoms with van der Waals surface area (Å²) in [7, 11) is -3.94. The molecule has 1 aromatic carbocycles. The van der Waals surface area contributed by atoms with Gasteiger partial charge in [0.1, 0.15) is 16.5 Å². The molecule has 1 aromatic rings. The predicted molar refractivity (Wildman–Crippen MR) is 74.4 cm³/mol. The monoisotopic (exact) mass is 326 g/mol. The van der Waals surface area contributed by atoms with E-state index in [1.54, 1.807) is 6.92 Å². The first-order valence-corrected chi connectivity index (χ1v) is 7.48. The van der Waals surface area contributed by atoms with Crippen LogP contribution < -0.4 is 5.32 Å². The molecule has 0 aromatic heterocycles. The summed E-state index contributed by atoms with van der Waals surface area (Å²) in [6, 6.07) is 2.20. The Kier molecular flexibility index (Phi) is 5.48. The third-order valence-corrected chi connectivity index (χ3v) is 5.48. The first kappa shape index (κ1) is 17.3. The molecule has 0 spiro atoms. The molecule has 2 unspecified atom stereocenters. The van der Waals surface area contributed by atoms with Gasteiger partial charge in [-0.1, -0.05) is 0 Å². The third-order valence-electron chi connectivity index (χ3n) is 3.46. The molecular weight excluding hydrogens is 310 g/mol. The summed E-state index contributed by atoms with van der Waals surface area (Å²) in [6.07, 6.45) is 0. The summed E-state index contributed by atoms with van der Waals surface area (Å²) in [6.45, 7) is 4.40. The summed E-state index contributed by atoms with van der Waals surface area (Å²) in [5.41, 5.74) is 0. The highest BCUT2D eigenvalue weighted by Gasteiger charge is 2.35. The summed E-state index contributed by atoms with van der Waals surface area (Å²) < 4.78 is 52.6. The van der Waals surface area contributed by atoms with Crippen molar-refractivity contribution in [1.82, 2.24) is 9.62 Å². The Balaban J connectivity index is 0.00000200. The average Bonchev–Trinajstić information content (AvgIpc) is 2.31. The van der Waals surface area contributed by atoms with Crippen LogP contribution in [0.2, 0.25) is 0 Å². The average molecular weight is 327 g/mol. The highest BCUT2D eigenvalue weighted by Crippen LogP contribution is 2.24. The molecule has 0 aliphatic carbocycles. The normalized spacial score (nSPS) is 24.2. The molecule has 1 saturated heterocycles. The lowest BCUT2D eigenvalue weighted by molar-refractivity contribution is 0.232. The van der Waals surface area contributed by atoms with Gasteiger partial charge in [0.15, 0.2) is 0 Å². The van der Waals surface area contributed by atoms with Gasteiger partial charge in [0.25, 0.3) is 0 Å². The van der Waals surface area contributed by atoms with Crippen molar-refractivity contribution in [3.63, 3.8) is 0 Å². The second kappa shape index (κ2) is 6.34. The molecule has 114 valence electrons. The van der Waals surface area contributed by atoms with Crippen molar-refractivity contribution in [2.75, 3.05) is 13.1 Å². The number of benzene rings is 1. The lowest BCUT2D eigenvalue weighted by Gasteiger charge is -2.37. The maximum atomic E-state index is 13.7. The number of nitrogens with one attached hydrogen (secondary N) is 1. The molecule has 4 nitrogen and oxygen atoms in total. The van der Waals surface area contributed by atoms with Gasteiger partial charge in [-0.3, -0.25) is 0 Å². The van der Waals surface area contributed by atoms with E-state index in [4.69, 9.17) is 0 Å². The second-order valence-electron chi connectivity index (χ2n) is 4.67. The molecule has 2 atom stereocenters. The van der Waals surface area contributed by atoms with E-state index in [0.29, 0.717) is 12.6 Å². The molecule has 1 heterocycles. The molecule has 1 N–H and O–H groups in total. The van der Waals surface area contributed by atoms with Crippen LogP contribution in [0.25, 0.3) is 0 Å². The van der Waals surface area contributed by atoms with Crippen molar-refractivity contribution in [2.24, 2.45) is 0 Å². The summed E-state index contributed by atoms with van der Waals surface area (Å²) in [4.78, 5) is -0.477. The predicted octanol–water partition coefficient (Wildman–Crippen LogP) is 1.76. The Bertz CT molecular complexity index is 583. The Morgan fingerprint density at radius 1 is 1.30 bits per heavy atom. The van der Waals surface area contributed by atoms with E-state index in [2.05, 4.69) is 5.32 Å². The van der Waals surface area contributed by atoms with E-state index in [0.717, 1.165) is 12.1 Å². The zero-order chi connectivity index (χ0) is 14.2. The van der Waals surface area contributed by atoms with Crippen LogP contribution >= 0.6 is 12.4 Å². The molecule has 0 bridgehead atoms. The zero-order valence-electron chi connectivity index (χ0n) is 11.1. The fourth-order valence-electron chi connectivity index (χ4n) is 2.18. The van der Waals surface area contributed by atoms with E-state index in [1.807, 2.05) is 6.92 Å². The topological polar surface area (TPSA) is 49.4 Å². The van der Waals surface area contributed by atoms with Gasteiger partial charge in [-0.25, -0.2) is 17.2 Å². The van der Waals surface area contributed by atoms with Gasteiger partial charge in [0.05, 0.1) is 0 Å². The first-order chi connectivity index (χ1) is 8.84. The maximum Gasteiger partial charge on any atom is 0.246 e. The van der Waals surface area contributed by atoms with E-state index in [-0.39, 0.29) is 31.0 Å². The number of rotatable bonds is 2. The van der Waals surface area contributed by atoms with Gasteiger partial charge in [-0.05, 0) is 26.0 Å². The number of nitrogens with zero attached hydrogens (tertiary/aromatic N) is 1. The molecule has 20 heavy (non-hydrogen) atoms. The molecule has 0 saturated carbocycles. The SMILES string of the molecule is CC1NCCN(S(=O)(=O)c2ccc(F)cc2F)C1C.Cl. The van der Waals surface area contributed by atoms with E-state index in [9.17, 15) is 17.2 Å². The van der Waals surface area contributed by atoms with Crippen LogP contribution in [0.15, 0.2) is 23.1 Å². The largest absolute Gasteiger partial charge is 0.311 e. The quantitative estimate of drug-likeness (QED) is 0.901. The Morgan fingerprint density at radius 3 is 2.55 bits per heavy atom. The van der Waals surface area contributed by atoms with Crippen LogP contribution in [0.4, 0.5) is 8.78 Å². The molecule has 0 amide bonds. The van der Waals surface area contributed by atoms with Crippen LogP contribution in [0.1, 0.15) is 13.8 Å². The van der Waals surface area contributed by atoms with Crippen LogP contribution in [0, 0.1) is 11.6 Å². The zero-order valence-corrected chi connectivity index (χ0v) is 12.8. The first-order valence-electron chi connectivity index (χ1n) is 6.04. The minimum absolute atomic E-state index is 0. The molecule has 1 fully saturated rings. The minimum atomic E-state index is -3.94. The van der Waals surface area contributed by atoms with Crippen LogP contribution in [0.5, 0.6) is 0 Å². The van der Waals surface area contributed by atoms with Gasteiger partial charge in [0.2, 0.25) is 10.0 Å². The smallest absolute Gasteiger partial charge is 0.246 e. The third kappa shape index (κ3) is 3.11. The van der Waals surface area contributed by atoms with Crippen LogP contribution in [0.3, 0.4) is 0 Å². The van der Waals surface area contributed by atoms with Gasteiger partial charge >= 0.3 is 0 Å². The summed E-state index contributed by atoms with van der Waals surface area (Å²) in [5.74, 6) is -1.85. The van der Waals surface area contributed by atoms with Gasteiger partial charge in [-0.2, -0.15) is 4.31 Å². The second-order valence-corrected chi connectivity index (χ2v) is 6.53. The van der Waals surface area contributed by atoms with Crippen molar-refractivity contribution < 1.29 is 17.2 Å². The van der Waals surface area contributed by atoms with Crippen molar-refractivity contribution in [1.29, 1.82) is 0 Å². The van der Waals surface area contributed by atoms with Gasteiger partial charge in [-0.15, -0.1) is 12.4 Å². The highest BCUT2D eigenvalue weighted by atomic mass is 35.5. The Hall–Kier alpha value is -0.760. The molecule has 1 aliphatic rings. The number of halogens is 3. The highest BCUT2D eigenvalue weighted by molar-refractivity contribution is 7.89. The fraction of sp³-hybridized carbons (Fsp3) is 0.500. The maximum absolute atomic E-state index is 13.7. The molecule has 8 heteroatoms. The lowest BCUT2D eigenvalue weighted by Crippen LogP contribution is -2.57. The van der Waals surface area contributed by atoms with Crippen LogP contribution in [-0.4, -0.2) is 37.9 Å². The number of piperazine rings is 1. The number of sulfonamides is 1. The fourth-order valence-corrected chi connectivity index (χ4v) is 3.93. The molecule has 0 radical (unpaired) electrons. The number of hydrogen-bond donors (Lipinski definition) is 1. The van der Waals surface area contributed by atoms with E-state index >= 15 is 0 Å². The molecular formula is C12H17ClF2N2O2S. The number of hydrogen-bond acceptors (Lipinski definition) is 3. The van der Waals surface area contributed by atoms with Crippen molar-refractivity contribution in [3.05, 3.63) is 29.8 Å². The van der Waals surface area contributed by atoms with Crippen molar-refractivity contribution >= 4 is 22.4 Å². The molecule has 2 rings (SSSR count).